The average Bonchev–Trinajstić information content (AvgIpc) is 2.80. The summed E-state index contributed by atoms with van der Waals surface area (Å²) in [5, 5.41) is 10.7. The van der Waals surface area contributed by atoms with Gasteiger partial charge in [-0.15, -0.1) is 0 Å². The van der Waals surface area contributed by atoms with E-state index in [4.69, 9.17) is 0 Å². The number of rotatable bonds is 22. The van der Waals surface area contributed by atoms with Crippen molar-refractivity contribution < 1.29 is 5.11 Å². The molecule has 0 fully saturated rings. The summed E-state index contributed by atoms with van der Waals surface area (Å²) in [5.41, 5.74) is 4.31. The maximum atomic E-state index is 10.7. The number of hydrogen-bond donors (Lipinski definition) is 1. The second kappa shape index (κ2) is 20.6. The van der Waals surface area contributed by atoms with Crippen molar-refractivity contribution in [1.29, 1.82) is 0 Å². The highest BCUT2D eigenvalue weighted by atomic mass is 16.3. The maximum absolute atomic E-state index is 10.7. The lowest BCUT2D eigenvalue weighted by atomic mass is 9.89. The molecule has 0 heterocycles. The average molecular weight is 445 g/mol. The van der Waals surface area contributed by atoms with Gasteiger partial charge in [0.15, 0.2) is 0 Å². The van der Waals surface area contributed by atoms with Gasteiger partial charge in [-0.3, -0.25) is 0 Å². The van der Waals surface area contributed by atoms with E-state index in [-0.39, 0.29) is 0 Å². The summed E-state index contributed by atoms with van der Waals surface area (Å²) in [7, 11) is 0. The molecule has 1 heteroatoms. The maximum Gasteiger partial charge on any atom is 0.119 e. The molecule has 0 unspecified atom stereocenters. The van der Waals surface area contributed by atoms with Crippen LogP contribution in [0.5, 0.6) is 5.75 Å². The second-order valence-electron chi connectivity index (χ2n) is 10.1. The summed E-state index contributed by atoms with van der Waals surface area (Å²) >= 11 is 0. The number of phenolic OH excluding ortho intramolecular Hbond substituents is 1. The third-order valence-corrected chi connectivity index (χ3v) is 7.11. The Labute approximate surface area is 201 Å². The molecule has 0 aliphatic carbocycles. The van der Waals surface area contributed by atoms with E-state index in [2.05, 4.69) is 26.8 Å². The SMILES string of the molecule is CCCCCCCCCCCCc1c(O)ccc(CCCCC)c1CCCCCCCC. The van der Waals surface area contributed by atoms with Crippen LogP contribution in [0.15, 0.2) is 12.1 Å². The van der Waals surface area contributed by atoms with Crippen LogP contribution in [0.4, 0.5) is 0 Å². The Bertz CT molecular complexity index is 548. The first kappa shape index (κ1) is 29.1. The zero-order valence-electron chi connectivity index (χ0n) is 22.2. The molecule has 0 saturated carbocycles. The van der Waals surface area contributed by atoms with E-state index >= 15 is 0 Å². The third-order valence-electron chi connectivity index (χ3n) is 7.11. The smallest absolute Gasteiger partial charge is 0.119 e. The van der Waals surface area contributed by atoms with Crippen molar-refractivity contribution in [3.8, 4) is 5.75 Å². The van der Waals surface area contributed by atoms with Crippen LogP contribution in [-0.2, 0) is 19.3 Å². The minimum absolute atomic E-state index is 0.557. The Morgan fingerprint density at radius 3 is 1.31 bits per heavy atom. The van der Waals surface area contributed by atoms with E-state index in [9.17, 15) is 5.11 Å². The van der Waals surface area contributed by atoms with Gasteiger partial charge in [-0.25, -0.2) is 0 Å². The molecule has 0 radical (unpaired) electrons. The van der Waals surface area contributed by atoms with Gasteiger partial charge in [-0.05, 0) is 61.3 Å². The molecule has 1 aromatic rings. The predicted octanol–water partition coefficient (Wildman–Crippen LogP) is 10.5. The van der Waals surface area contributed by atoms with E-state index in [0.29, 0.717) is 5.75 Å². The number of unbranched alkanes of at least 4 members (excludes halogenated alkanes) is 16. The fourth-order valence-electron chi connectivity index (χ4n) is 4.99. The molecule has 1 nitrogen and oxygen atoms in total. The van der Waals surface area contributed by atoms with Crippen LogP contribution in [0.25, 0.3) is 0 Å². The summed E-state index contributed by atoms with van der Waals surface area (Å²) in [5.74, 6) is 0.557. The first-order chi connectivity index (χ1) is 15.7. The normalized spacial score (nSPS) is 11.3. The lowest BCUT2D eigenvalue weighted by molar-refractivity contribution is 0.463. The summed E-state index contributed by atoms with van der Waals surface area (Å²) < 4.78 is 0. The Hall–Kier alpha value is -0.980. The lowest BCUT2D eigenvalue weighted by Crippen LogP contribution is -2.03. The second-order valence-corrected chi connectivity index (χ2v) is 10.1. The van der Waals surface area contributed by atoms with Crippen molar-refractivity contribution in [2.24, 2.45) is 0 Å². The molecule has 32 heavy (non-hydrogen) atoms. The van der Waals surface area contributed by atoms with Crippen molar-refractivity contribution in [2.75, 3.05) is 0 Å². The zero-order valence-corrected chi connectivity index (χ0v) is 22.2. The largest absolute Gasteiger partial charge is 0.508 e. The molecule has 0 aliphatic heterocycles. The van der Waals surface area contributed by atoms with Gasteiger partial charge in [0.2, 0.25) is 0 Å². The molecule has 1 N–H and O–H groups in total. The van der Waals surface area contributed by atoms with E-state index in [1.165, 1.54) is 145 Å². The molecule has 0 spiro atoms. The van der Waals surface area contributed by atoms with Gasteiger partial charge in [-0.1, -0.05) is 130 Å². The molecule has 1 aromatic carbocycles. The molecular formula is C31H56O. The number of hydrogen-bond acceptors (Lipinski definition) is 1. The number of aromatic hydroxyl groups is 1. The van der Waals surface area contributed by atoms with E-state index in [0.717, 1.165) is 12.8 Å². The highest BCUT2D eigenvalue weighted by molar-refractivity contribution is 5.45. The lowest BCUT2D eigenvalue weighted by Gasteiger charge is -2.17. The summed E-state index contributed by atoms with van der Waals surface area (Å²) in [6.07, 6.45) is 29.0. The Morgan fingerprint density at radius 1 is 0.438 bits per heavy atom. The van der Waals surface area contributed by atoms with E-state index in [1.807, 2.05) is 6.07 Å². The Morgan fingerprint density at radius 2 is 0.812 bits per heavy atom. The first-order valence-electron chi connectivity index (χ1n) is 14.6. The zero-order chi connectivity index (χ0) is 23.3. The first-order valence-corrected chi connectivity index (χ1v) is 14.6. The Balaban J connectivity index is 2.51. The molecule has 0 aromatic heterocycles. The Kier molecular flexibility index (Phi) is 18.7. The van der Waals surface area contributed by atoms with Crippen molar-refractivity contribution in [3.05, 3.63) is 28.8 Å². The van der Waals surface area contributed by atoms with Gasteiger partial charge in [0.05, 0.1) is 0 Å². The van der Waals surface area contributed by atoms with Crippen LogP contribution in [-0.4, -0.2) is 5.11 Å². The topological polar surface area (TPSA) is 20.2 Å². The van der Waals surface area contributed by atoms with Crippen molar-refractivity contribution in [1.82, 2.24) is 0 Å². The highest BCUT2D eigenvalue weighted by Crippen LogP contribution is 2.30. The summed E-state index contributed by atoms with van der Waals surface area (Å²) in [6.45, 7) is 6.86. The number of phenols is 1. The summed E-state index contributed by atoms with van der Waals surface area (Å²) in [6, 6.07) is 4.21. The van der Waals surface area contributed by atoms with E-state index in [1.54, 1.807) is 0 Å². The highest BCUT2D eigenvalue weighted by Gasteiger charge is 2.13. The van der Waals surface area contributed by atoms with Crippen LogP contribution in [0, 0.1) is 0 Å². The van der Waals surface area contributed by atoms with Crippen LogP contribution in [0.3, 0.4) is 0 Å². The van der Waals surface area contributed by atoms with Crippen LogP contribution in [0.1, 0.15) is 159 Å². The molecule has 1 rings (SSSR count). The van der Waals surface area contributed by atoms with Crippen LogP contribution < -0.4 is 0 Å². The van der Waals surface area contributed by atoms with Crippen molar-refractivity contribution >= 4 is 0 Å². The fraction of sp³-hybridized carbons (Fsp3) is 0.806. The van der Waals surface area contributed by atoms with Gasteiger partial charge >= 0.3 is 0 Å². The number of benzene rings is 1. The van der Waals surface area contributed by atoms with Crippen LogP contribution in [0.2, 0.25) is 0 Å². The van der Waals surface area contributed by atoms with Crippen LogP contribution >= 0.6 is 0 Å². The number of aryl methyl sites for hydroxylation is 1. The van der Waals surface area contributed by atoms with Gasteiger partial charge < -0.3 is 5.11 Å². The van der Waals surface area contributed by atoms with Gasteiger partial charge in [-0.2, -0.15) is 0 Å². The molecule has 0 saturated heterocycles. The van der Waals surface area contributed by atoms with Crippen molar-refractivity contribution in [2.45, 2.75) is 162 Å². The fourth-order valence-corrected chi connectivity index (χ4v) is 4.99. The molecule has 0 bridgehead atoms. The van der Waals surface area contributed by atoms with Gasteiger partial charge in [0.25, 0.3) is 0 Å². The standard InChI is InChI=1S/C31H56O/c1-4-7-10-12-14-15-16-17-19-22-25-30-29(24-21-18-13-11-8-5-2)28(23-20-9-6-3)26-27-31(30)32/h26-27,32H,4-25H2,1-3H3. The van der Waals surface area contributed by atoms with Crippen molar-refractivity contribution in [3.63, 3.8) is 0 Å². The van der Waals surface area contributed by atoms with Gasteiger partial charge in [0.1, 0.15) is 5.75 Å². The van der Waals surface area contributed by atoms with E-state index < -0.39 is 0 Å². The summed E-state index contributed by atoms with van der Waals surface area (Å²) in [4.78, 5) is 0. The molecule has 186 valence electrons. The molecular weight excluding hydrogens is 388 g/mol. The quantitative estimate of drug-likeness (QED) is 0.176. The molecule has 0 amide bonds. The third kappa shape index (κ3) is 13.5. The van der Waals surface area contributed by atoms with Gasteiger partial charge in [0, 0.05) is 0 Å². The minimum Gasteiger partial charge on any atom is -0.508 e. The monoisotopic (exact) mass is 444 g/mol. The minimum atomic E-state index is 0.557. The molecule has 0 aliphatic rings. The molecule has 0 atom stereocenters. The predicted molar refractivity (Wildman–Crippen MR) is 144 cm³/mol.